The van der Waals surface area contributed by atoms with Gasteiger partial charge in [-0.15, -0.1) is 11.8 Å². The van der Waals surface area contributed by atoms with Crippen molar-refractivity contribution in [1.29, 1.82) is 0 Å². The summed E-state index contributed by atoms with van der Waals surface area (Å²) in [6.45, 7) is 4.52. The second-order valence-corrected chi connectivity index (χ2v) is 5.96. The summed E-state index contributed by atoms with van der Waals surface area (Å²) in [6, 6.07) is 2.93. The third-order valence-corrected chi connectivity index (χ3v) is 3.65. The number of alkyl halides is 3. The molecule has 1 aliphatic rings. The van der Waals surface area contributed by atoms with Gasteiger partial charge in [0.05, 0.1) is 5.56 Å². The lowest BCUT2D eigenvalue weighted by atomic mass is 10.1. The second-order valence-electron chi connectivity index (χ2n) is 4.35. The zero-order valence-electron chi connectivity index (χ0n) is 9.69. The van der Waals surface area contributed by atoms with Crippen molar-refractivity contribution in [2.75, 3.05) is 11.9 Å². The molecule has 0 aliphatic carbocycles. The summed E-state index contributed by atoms with van der Waals surface area (Å²) in [5.74, 6) is 0. The van der Waals surface area contributed by atoms with Crippen molar-refractivity contribution in [3.05, 3.63) is 23.3 Å². The molecule has 0 spiro atoms. The number of rotatable bonds is 2. The third kappa shape index (κ3) is 2.70. The molecule has 0 aromatic heterocycles. The average molecular weight is 261 g/mol. The highest BCUT2D eigenvalue weighted by Crippen LogP contribution is 2.41. The molecule has 0 amide bonds. The van der Waals surface area contributed by atoms with Crippen LogP contribution in [0, 0.1) is 0 Å². The van der Waals surface area contributed by atoms with Crippen LogP contribution in [0.25, 0.3) is 0 Å². The van der Waals surface area contributed by atoms with Gasteiger partial charge < -0.3 is 5.32 Å². The first-order chi connectivity index (χ1) is 7.88. The SMILES string of the molecule is CC(C)Sc1cc2c(cc1C(F)(F)F)NCC2. The molecule has 1 heterocycles. The maximum absolute atomic E-state index is 12.9. The fraction of sp³-hybridized carbons (Fsp3) is 0.500. The van der Waals surface area contributed by atoms with E-state index in [2.05, 4.69) is 5.32 Å². The van der Waals surface area contributed by atoms with Crippen LogP contribution in [-0.4, -0.2) is 11.8 Å². The molecule has 2 rings (SSSR count). The number of anilines is 1. The van der Waals surface area contributed by atoms with Crippen molar-refractivity contribution < 1.29 is 13.2 Å². The number of fused-ring (bicyclic) bond motifs is 1. The molecule has 0 radical (unpaired) electrons. The third-order valence-electron chi connectivity index (χ3n) is 2.58. The Kier molecular flexibility index (Phi) is 3.30. The minimum atomic E-state index is -4.28. The Bertz CT molecular complexity index is 426. The lowest BCUT2D eigenvalue weighted by molar-refractivity contribution is -0.139. The summed E-state index contributed by atoms with van der Waals surface area (Å²) in [6.07, 6.45) is -3.48. The first-order valence-electron chi connectivity index (χ1n) is 5.52. The van der Waals surface area contributed by atoms with Crippen LogP contribution < -0.4 is 5.32 Å². The van der Waals surface area contributed by atoms with E-state index in [1.54, 1.807) is 6.07 Å². The van der Waals surface area contributed by atoms with E-state index in [9.17, 15) is 13.2 Å². The van der Waals surface area contributed by atoms with Gasteiger partial charge in [-0.25, -0.2) is 0 Å². The molecule has 0 atom stereocenters. The van der Waals surface area contributed by atoms with Crippen molar-refractivity contribution in [1.82, 2.24) is 0 Å². The molecule has 0 fully saturated rings. The Labute approximate surface area is 103 Å². The van der Waals surface area contributed by atoms with Gasteiger partial charge in [0.1, 0.15) is 0 Å². The van der Waals surface area contributed by atoms with Gasteiger partial charge in [0.15, 0.2) is 0 Å². The summed E-state index contributed by atoms with van der Waals surface area (Å²) in [4.78, 5) is 0.343. The Balaban J connectivity index is 2.47. The van der Waals surface area contributed by atoms with E-state index in [1.165, 1.54) is 17.8 Å². The smallest absolute Gasteiger partial charge is 0.384 e. The minimum absolute atomic E-state index is 0.142. The van der Waals surface area contributed by atoms with Crippen LogP contribution >= 0.6 is 11.8 Å². The normalized spacial score (nSPS) is 14.9. The molecule has 0 unspecified atom stereocenters. The molecule has 0 saturated carbocycles. The van der Waals surface area contributed by atoms with E-state index in [4.69, 9.17) is 0 Å². The maximum atomic E-state index is 12.9. The standard InChI is InChI=1S/C12H14F3NS/c1-7(2)17-11-5-8-3-4-16-10(8)6-9(11)12(13,14)15/h5-7,16H,3-4H2,1-2H3. The molecule has 1 nitrogen and oxygen atoms in total. The summed E-state index contributed by atoms with van der Waals surface area (Å²) in [7, 11) is 0. The topological polar surface area (TPSA) is 12.0 Å². The van der Waals surface area contributed by atoms with Crippen LogP contribution in [0.4, 0.5) is 18.9 Å². The quantitative estimate of drug-likeness (QED) is 0.802. The molecule has 0 bridgehead atoms. The van der Waals surface area contributed by atoms with Crippen LogP contribution in [-0.2, 0) is 12.6 Å². The van der Waals surface area contributed by atoms with E-state index < -0.39 is 11.7 Å². The summed E-state index contributed by atoms with van der Waals surface area (Å²) >= 11 is 1.27. The molecule has 1 aromatic carbocycles. The summed E-state index contributed by atoms with van der Waals surface area (Å²) in [5.41, 5.74) is 1.09. The Morgan fingerprint density at radius 3 is 2.59 bits per heavy atom. The number of halogens is 3. The largest absolute Gasteiger partial charge is 0.417 e. The van der Waals surface area contributed by atoms with Crippen molar-refractivity contribution in [3.8, 4) is 0 Å². The Morgan fingerprint density at radius 1 is 1.29 bits per heavy atom. The zero-order valence-corrected chi connectivity index (χ0v) is 10.5. The van der Waals surface area contributed by atoms with Crippen LogP contribution in [0.3, 0.4) is 0 Å². The van der Waals surface area contributed by atoms with Gasteiger partial charge in [-0.3, -0.25) is 0 Å². The first kappa shape index (κ1) is 12.6. The average Bonchev–Trinajstić information content (AvgIpc) is 2.60. The Morgan fingerprint density at radius 2 is 2.00 bits per heavy atom. The van der Waals surface area contributed by atoms with Gasteiger partial charge in [-0.1, -0.05) is 13.8 Å². The molecular weight excluding hydrogens is 247 g/mol. The summed E-state index contributed by atoms with van der Waals surface area (Å²) in [5, 5.41) is 3.13. The molecule has 5 heteroatoms. The molecule has 0 saturated heterocycles. The number of benzene rings is 1. The van der Waals surface area contributed by atoms with Crippen molar-refractivity contribution in [2.45, 2.75) is 36.6 Å². The highest BCUT2D eigenvalue weighted by Gasteiger charge is 2.35. The molecule has 1 aromatic rings. The van der Waals surface area contributed by atoms with Gasteiger partial charge in [0, 0.05) is 22.4 Å². The molecular formula is C12H14F3NS. The van der Waals surface area contributed by atoms with Crippen LogP contribution in [0.15, 0.2) is 17.0 Å². The molecule has 1 N–H and O–H groups in total. The zero-order chi connectivity index (χ0) is 12.6. The van der Waals surface area contributed by atoms with Crippen molar-refractivity contribution in [2.24, 2.45) is 0 Å². The van der Waals surface area contributed by atoms with Gasteiger partial charge in [-0.05, 0) is 24.1 Å². The highest BCUT2D eigenvalue weighted by molar-refractivity contribution is 8.00. The number of hydrogen-bond acceptors (Lipinski definition) is 2. The second kappa shape index (κ2) is 4.44. The van der Waals surface area contributed by atoms with Gasteiger partial charge in [0.25, 0.3) is 0 Å². The van der Waals surface area contributed by atoms with Crippen molar-refractivity contribution in [3.63, 3.8) is 0 Å². The number of thioether (sulfide) groups is 1. The molecule has 17 heavy (non-hydrogen) atoms. The monoisotopic (exact) mass is 261 g/mol. The number of hydrogen-bond donors (Lipinski definition) is 1. The van der Waals surface area contributed by atoms with E-state index in [1.807, 2.05) is 13.8 Å². The highest BCUT2D eigenvalue weighted by atomic mass is 32.2. The van der Waals surface area contributed by atoms with Crippen LogP contribution in [0.1, 0.15) is 25.0 Å². The number of nitrogens with one attached hydrogen (secondary N) is 1. The van der Waals surface area contributed by atoms with E-state index in [-0.39, 0.29) is 5.25 Å². The fourth-order valence-corrected chi connectivity index (χ4v) is 2.92. The van der Waals surface area contributed by atoms with Gasteiger partial charge >= 0.3 is 6.18 Å². The van der Waals surface area contributed by atoms with Gasteiger partial charge in [-0.2, -0.15) is 13.2 Å². The minimum Gasteiger partial charge on any atom is -0.384 e. The van der Waals surface area contributed by atoms with Crippen LogP contribution in [0.5, 0.6) is 0 Å². The lowest BCUT2D eigenvalue weighted by Gasteiger charge is -2.16. The maximum Gasteiger partial charge on any atom is 0.417 e. The lowest BCUT2D eigenvalue weighted by Crippen LogP contribution is -2.08. The predicted molar refractivity (Wildman–Crippen MR) is 64.6 cm³/mol. The molecule has 1 aliphatic heterocycles. The predicted octanol–water partition coefficient (Wildman–Crippen LogP) is 4.17. The molecule has 94 valence electrons. The fourth-order valence-electron chi connectivity index (χ4n) is 1.90. The van der Waals surface area contributed by atoms with Crippen LogP contribution in [0.2, 0.25) is 0 Å². The first-order valence-corrected chi connectivity index (χ1v) is 6.40. The van der Waals surface area contributed by atoms with Gasteiger partial charge in [0.2, 0.25) is 0 Å². The van der Waals surface area contributed by atoms with E-state index in [0.717, 1.165) is 18.5 Å². The van der Waals surface area contributed by atoms with Crippen molar-refractivity contribution >= 4 is 17.4 Å². The summed E-state index contributed by atoms with van der Waals surface area (Å²) < 4.78 is 38.8. The Hall–Kier alpha value is -0.840. The van der Waals surface area contributed by atoms with E-state index >= 15 is 0 Å². The van der Waals surface area contributed by atoms with E-state index in [0.29, 0.717) is 10.6 Å².